The molecule has 1 fully saturated rings. The Balaban J connectivity index is 1.97. The van der Waals surface area contributed by atoms with Crippen molar-refractivity contribution >= 4 is 23.4 Å². The van der Waals surface area contributed by atoms with E-state index in [2.05, 4.69) is 54.9 Å². The minimum Gasteiger partial charge on any atom is -0.310 e. The van der Waals surface area contributed by atoms with Gasteiger partial charge in [-0.2, -0.15) is 11.8 Å². The zero-order valence-corrected chi connectivity index (χ0v) is 14.9. The summed E-state index contributed by atoms with van der Waals surface area (Å²) in [5, 5.41) is 5.17. The molecule has 118 valence electrons. The molecule has 4 heteroatoms. The van der Waals surface area contributed by atoms with Crippen LogP contribution in [0.25, 0.3) is 0 Å². The largest absolute Gasteiger partial charge is 0.310 e. The second-order valence-corrected chi connectivity index (χ2v) is 7.73. The Bertz CT molecular complexity index is 441. The van der Waals surface area contributed by atoms with Gasteiger partial charge in [0.2, 0.25) is 0 Å². The standard InChI is InChI=1S/C17H27ClN2S/c1-4-19-17(15-6-5-7-16(18)12-15)8-9-20-10-11-21-14(3)13(20)2/h5-7,12-14,17,19H,4,8-11H2,1-3H3. The van der Waals surface area contributed by atoms with Crippen molar-refractivity contribution < 1.29 is 0 Å². The van der Waals surface area contributed by atoms with Crippen LogP contribution in [0.15, 0.2) is 24.3 Å². The molecule has 3 unspecified atom stereocenters. The predicted molar refractivity (Wildman–Crippen MR) is 95.4 cm³/mol. The van der Waals surface area contributed by atoms with E-state index in [-0.39, 0.29) is 0 Å². The van der Waals surface area contributed by atoms with Crippen LogP contribution in [0.4, 0.5) is 0 Å². The SMILES string of the molecule is CCNC(CCN1CCSC(C)C1C)c1cccc(Cl)c1. The molecule has 1 N–H and O–H groups in total. The van der Waals surface area contributed by atoms with Gasteiger partial charge in [0.1, 0.15) is 0 Å². The highest BCUT2D eigenvalue weighted by Crippen LogP contribution is 2.26. The summed E-state index contributed by atoms with van der Waals surface area (Å²) >= 11 is 8.24. The molecule has 1 saturated heterocycles. The van der Waals surface area contributed by atoms with Crippen LogP contribution in [0.3, 0.4) is 0 Å². The van der Waals surface area contributed by atoms with Crippen LogP contribution in [0.5, 0.6) is 0 Å². The average Bonchev–Trinajstić information content (AvgIpc) is 2.47. The van der Waals surface area contributed by atoms with Crippen molar-refractivity contribution in [2.75, 3.05) is 25.4 Å². The van der Waals surface area contributed by atoms with Gasteiger partial charge in [-0.25, -0.2) is 0 Å². The van der Waals surface area contributed by atoms with E-state index in [0.717, 1.165) is 29.8 Å². The minimum absolute atomic E-state index is 0.394. The lowest BCUT2D eigenvalue weighted by molar-refractivity contribution is 0.202. The Labute approximate surface area is 138 Å². The van der Waals surface area contributed by atoms with E-state index in [1.165, 1.54) is 17.9 Å². The van der Waals surface area contributed by atoms with Gasteiger partial charge >= 0.3 is 0 Å². The lowest BCUT2D eigenvalue weighted by atomic mass is 10.0. The van der Waals surface area contributed by atoms with Crippen molar-refractivity contribution in [3.05, 3.63) is 34.9 Å². The fourth-order valence-corrected chi connectivity index (χ4v) is 4.32. The molecular formula is C17H27ClN2S. The second-order valence-electron chi connectivity index (χ2n) is 5.81. The van der Waals surface area contributed by atoms with Crippen molar-refractivity contribution in [2.45, 2.75) is 44.5 Å². The average molecular weight is 327 g/mol. The fraction of sp³-hybridized carbons (Fsp3) is 0.647. The molecule has 1 aromatic carbocycles. The summed E-state index contributed by atoms with van der Waals surface area (Å²) < 4.78 is 0. The Morgan fingerprint density at radius 1 is 1.43 bits per heavy atom. The topological polar surface area (TPSA) is 15.3 Å². The van der Waals surface area contributed by atoms with Crippen LogP contribution in [-0.2, 0) is 0 Å². The predicted octanol–water partition coefficient (Wildman–Crippen LogP) is 4.21. The zero-order chi connectivity index (χ0) is 15.2. The molecule has 1 heterocycles. The molecule has 1 aliphatic heterocycles. The summed E-state index contributed by atoms with van der Waals surface area (Å²) in [4.78, 5) is 2.63. The number of nitrogens with zero attached hydrogens (tertiary/aromatic N) is 1. The quantitative estimate of drug-likeness (QED) is 0.843. The van der Waals surface area contributed by atoms with E-state index in [1.807, 2.05) is 12.1 Å². The summed E-state index contributed by atoms with van der Waals surface area (Å²) in [5.41, 5.74) is 1.30. The summed E-state index contributed by atoms with van der Waals surface area (Å²) in [6.07, 6.45) is 1.13. The van der Waals surface area contributed by atoms with Gasteiger partial charge in [0.05, 0.1) is 0 Å². The van der Waals surface area contributed by atoms with Gasteiger partial charge in [-0.1, -0.05) is 37.6 Å². The molecule has 0 amide bonds. The monoisotopic (exact) mass is 326 g/mol. The van der Waals surface area contributed by atoms with Crippen molar-refractivity contribution in [3.8, 4) is 0 Å². The highest BCUT2D eigenvalue weighted by molar-refractivity contribution is 8.00. The van der Waals surface area contributed by atoms with Crippen LogP contribution < -0.4 is 5.32 Å². The van der Waals surface area contributed by atoms with Gasteiger partial charge in [-0.15, -0.1) is 0 Å². The van der Waals surface area contributed by atoms with Gasteiger partial charge < -0.3 is 5.32 Å². The van der Waals surface area contributed by atoms with Gasteiger partial charge in [0.15, 0.2) is 0 Å². The van der Waals surface area contributed by atoms with Crippen molar-refractivity contribution in [1.82, 2.24) is 10.2 Å². The summed E-state index contributed by atoms with van der Waals surface area (Å²) in [7, 11) is 0. The van der Waals surface area contributed by atoms with Gasteiger partial charge in [0.25, 0.3) is 0 Å². The van der Waals surface area contributed by atoms with E-state index in [0.29, 0.717) is 12.1 Å². The van der Waals surface area contributed by atoms with Crippen molar-refractivity contribution in [1.29, 1.82) is 0 Å². The number of benzene rings is 1. The van der Waals surface area contributed by atoms with Crippen LogP contribution in [-0.4, -0.2) is 41.6 Å². The molecule has 3 atom stereocenters. The molecule has 0 aromatic heterocycles. The Morgan fingerprint density at radius 3 is 2.95 bits per heavy atom. The van der Waals surface area contributed by atoms with Crippen LogP contribution >= 0.6 is 23.4 Å². The van der Waals surface area contributed by atoms with Crippen molar-refractivity contribution in [3.63, 3.8) is 0 Å². The molecule has 0 radical (unpaired) electrons. The highest BCUT2D eigenvalue weighted by Gasteiger charge is 2.25. The van der Waals surface area contributed by atoms with Crippen LogP contribution in [0.2, 0.25) is 5.02 Å². The summed E-state index contributed by atoms with van der Waals surface area (Å²) in [6.45, 7) is 10.2. The maximum atomic E-state index is 6.14. The second kappa shape index (κ2) is 8.42. The first-order chi connectivity index (χ1) is 10.1. The molecule has 0 bridgehead atoms. The summed E-state index contributed by atoms with van der Waals surface area (Å²) in [6, 6.07) is 9.32. The highest BCUT2D eigenvalue weighted by atomic mass is 35.5. The smallest absolute Gasteiger partial charge is 0.0409 e. The lowest BCUT2D eigenvalue weighted by Gasteiger charge is -2.38. The molecule has 2 nitrogen and oxygen atoms in total. The maximum absolute atomic E-state index is 6.14. The number of nitrogens with one attached hydrogen (secondary N) is 1. The van der Waals surface area contributed by atoms with E-state index in [1.54, 1.807) is 0 Å². The molecule has 2 rings (SSSR count). The third kappa shape index (κ3) is 4.88. The molecule has 0 aliphatic carbocycles. The van der Waals surface area contributed by atoms with E-state index < -0.39 is 0 Å². The van der Waals surface area contributed by atoms with Gasteiger partial charge in [0, 0.05) is 41.2 Å². The Hall–Kier alpha value is -0.220. The Morgan fingerprint density at radius 2 is 2.24 bits per heavy atom. The Kier molecular flexibility index (Phi) is 6.87. The number of hydrogen-bond acceptors (Lipinski definition) is 3. The van der Waals surface area contributed by atoms with Gasteiger partial charge in [-0.05, 0) is 37.6 Å². The van der Waals surface area contributed by atoms with E-state index in [9.17, 15) is 0 Å². The fourth-order valence-electron chi connectivity index (χ4n) is 2.96. The maximum Gasteiger partial charge on any atom is 0.0409 e. The number of rotatable bonds is 6. The first-order valence-electron chi connectivity index (χ1n) is 7.96. The van der Waals surface area contributed by atoms with Crippen LogP contribution in [0, 0.1) is 0 Å². The van der Waals surface area contributed by atoms with Gasteiger partial charge in [-0.3, -0.25) is 4.90 Å². The van der Waals surface area contributed by atoms with Crippen LogP contribution in [0.1, 0.15) is 38.8 Å². The zero-order valence-electron chi connectivity index (χ0n) is 13.3. The number of hydrogen-bond donors (Lipinski definition) is 1. The molecule has 1 aromatic rings. The molecular weight excluding hydrogens is 300 g/mol. The molecule has 0 saturated carbocycles. The lowest BCUT2D eigenvalue weighted by Crippen LogP contribution is -2.45. The number of thioether (sulfide) groups is 1. The third-order valence-corrected chi connectivity index (χ3v) is 5.99. The third-order valence-electron chi connectivity index (χ3n) is 4.42. The van der Waals surface area contributed by atoms with Crippen molar-refractivity contribution in [2.24, 2.45) is 0 Å². The first kappa shape index (κ1) is 17.1. The normalized spacial score (nSPS) is 25.0. The number of halogens is 1. The molecule has 1 aliphatic rings. The summed E-state index contributed by atoms with van der Waals surface area (Å²) in [5.74, 6) is 1.26. The van der Waals surface area contributed by atoms with E-state index in [4.69, 9.17) is 11.6 Å². The molecule has 0 spiro atoms. The first-order valence-corrected chi connectivity index (χ1v) is 9.39. The minimum atomic E-state index is 0.394. The molecule has 21 heavy (non-hydrogen) atoms. The van der Waals surface area contributed by atoms with E-state index >= 15 is 0 Å².